The number of H-pyrrole nitrogens is 2. The van der Waals surface area contributed by atoms with Crippen molar-refractivity contribution in [3.63, 3.8) is 0 Å². The molecule has 2 aliphatic heterocycles. The summed E-state index contributed by atoms with van der Waals surface area (Å²) in [5.74, 6) is 2.06. The second kappa shape index (κ2) is 17.7. The third kappa shape index (κ3) is 8.03. The van der Waals surface area contributed by atoms with Gasteiger partial charge in [-0.3, -0.25) is 9.59 Å². The molecule has 4 N–H and O–H groups in total. The van der Waals surface area contributed by atoms with E-state index in [2.05, 4.69) is 82.1 Å². The molecule has 2 aliphatic carbocycles. The van der Waals surface area contributed by atoms with E-state index in [4.69, 9.17) is 19.4 Å². The highest BCUT2D eigenvalue weighted by molar-refractivity contribution is 5.89. The smallest absolute Gasteiger partial charge is 0.407 e. The van der Waals surface area contributed by atoms with Crippen LogP contribution in [0.3, 0.4) is 0 Å². The molecule has 2 aromatic heterocycles. The number of methoxy groups -OCH3 is 2. The fourth-order valence-corrected chi connectivity index (χ4v) is 11.3. The van der Waals surface area contributed by atoms with Crippen molar-refractivity contribution in [1.82, 2.24) is 40.4 Å². The van der Waals surface area contributed by atoms with Crippen molar-refractivity contribution in [3.05, 3.63) is 83.6 Å². The maximum atomic E-state index is 14.0. The molecule has 8 unspecified atom stereocenters. The van der Waals surface area contributed by atoms with Crippen LogP contribution >= 0.6 is 0 Å². The lowest BCUT2D eigenvalue weighted by molar-refractivity contribution is -0.138. The van der Waals surface area contributed by atoms with Crippen molar-refractivity contribution in [1.29, 1.82) is 0 Å². The number of likely N-dealkylation sites (tertiary alicyclic amines) is 2. The van der Waals surface area contributed by atoms with Crippen LogP contribution in [0.25, 0.3) is 44.5 Å². The van der Waals surface area contributed by atoms with Crippen molar-refractivity contribution in [3.8, 4) is 33.5 Å². The molecular formula is C51H62N8O6. The van der Waals surface area contributed by atoms with Crippen molar-refractivity contribution in [2.24, 2.45) is 11.8 Å². The Labute approximate surface area is 380 Å². The summed E-state index contributed by atoms with van der Waals surface area (Å²) in [5, 5.41) is 5.50. The molecule has 4 amide bonds. The normalized spacial score (nSPS) is 23.3. The summed E-state index contributed by atoms with van der Waals surface area (Å²) >= 11 is 0. The molecule has 65 heavy (non-hydrogen) atoms. The monoisotopic (exact) mass is 882 g/mol. The summed E-state index contributed by atoms with van der Waals surface area (Å²) in [4.78, 5) is 73.0. The minimum absolute atomic E-state index is 0.00141. The molecule has 4 aliphatic rings. The van der Waals surface area contributed by atoms with Gasteiger partial charge >= 0.3 is 12.2 Å². The van der Waals surface area contributed by atoms with Gasteiger partial charge in [-0.1, -0.05) is 70.2 Å². The molecular weight excluding hydrogens is 821 g/mol. The van der Waals surface area contributed by atoms with Gasteiger partial charge in [-0.05, 0) is 134 Å². The molecule has 3 fully saturated rings. The number of amides is 4. The quantitative estimate of drug-likeness (QED) is 0.101. The number of carbonyl (C=O) groups is 4. The molecule has 2 bridgehead atoms. The van der Waals surface area contributed by atoms with Crippen LogP contribution in [0.2, 0.25) is 0 Å². The van der Waals surface area contributed by atoms with Crippen molar-refractivity contribution in [2.45, 2.75) is 135 Å². The number of rotatable bonds is 11. The van der Waals surface area contributed by atoms with Crippen molar-refractivity contribution >= 4 is 35.0 Å². The Hall–Kier alpha value is -6.18. The molecule has 0 radical (unpaired) electrons. The molecule has 0 spiro atoms. The Balaban J connectivity index is 0.960. The lowest BCUT2D eigenvalue weighted by atomic mass is 9.81. The number of hydrogen-bond acceptors (Lipinski definition) is 8. The van der Waals surface area contributed by atoms with Gasteiger partial charge in [0.05, 0.1) is 49.2 Å². The van der Waals surface area contributed by atoms with Crippen LogP contribution in [0.15, 0.2) is 60.8 Å². The molecule has 342 valence electrons. The third-order valence-electron chi connectivity index (χ3n) is 14.7. The van der Waals surface area contributed by atoms with Gasteiger partial charge < -0.3 is 39.9 Å². The van der Waals surface area contributed by atoms with E-state index in [9.17, 15) is 19.2 Å². The summed E-state index contributed by atoms with van der Waals surface area (Å²) < 4.78 is 9.67. The van der Waals surface area contributed by atoms with E-state index in [1.807, 2.05) is 50.6 Å². The number of carbonyl (C=O) groups excluding carboxylic acids is 4. The minimum Gasteiger partial charge on any atom is -0.453 e. The summed E-state index contributed by atoms with van der Waals surface area (Å²) in [7, 11) is 2.61. The van der Waals surface area contributed by atoms with Crippen LogP contribution in [0, 0.1) is 11.8 Å². The predicted octanol–water partition coefficient (Wildman–Crippen LogP) is 9.52. The lowest BCUT2D eigenvalue weighted by Crippen LogP contribution is -2.52. The van der Waals surface area contributed by atoms with Gasteiger partial charge in [0.15, 0.2) is 0 Å². The third-order valence-corrected chi connectivity index (χ3v) is 14.7. The minimum atomic E-state index is -0.704. The van der Waals surface area contributed by atoms with Crippen molar-refractivity contribution in [2.75, 3.05) is 14.2 Å². The molecule has 2 saturated heterocycles. The molecule has 1 saturated carbocycles. The fourth-order valence-electron chi connectivity index (χ4n) is 11.3. The molecule has 14 nitrogen and oxygen atoms in total. The number of ether oxygens (including phenoxy) is 2. The van der Waals surface area contributed by atoms with E-state index in [0.717, 1.165) is 65.2 Å². The van der Waals surface area contributed by atoms with Gasteiger partial charge in [0.2, 0.25) is 11.8 Å². The molecule has 4 heterocycles. The van der Waals surface area contributed by atoms with E-state index in [-0.39, 0.29) is 47.8 Å². The molecule has 8 atom stereocenters. The number of hydrogen-bond donors (Lipinski definition) is 4. The highest BCUT2D eigenvalue weighted by Gasteiger charge is 2.44. The van der Waals surface area contributed by atoms with E-state index in [0.29, 0.717) is 11.8 Å². The van der Waals surface area contributed by atoms with E-state index in [1.165, 1.54) is 61.3 Å². The predicted molar refractivity (Wildman–Crippen MR) is 249 cm³/mol. The highest BCUT2D eigenvalue weighted by atomic mass is 16.5. The van der Waals surface area contributed by atoms with Crippen LogP contribution in [0.5, 0.6) is 0 Å². The zero-order valence-electron chi connectivity index (χ0n) is 38.7. The summed E-state index contributed by atoms with van der Waals surface area (Å²) in [6.07, 6.45) is 7.42. The Morgan fingerprint density at radius 2 is 1.15 bits per heavy atom. The first-order chi connectivity index (χ1) is 31.3. The van der Waals surface area contributed by atoms with Crippen molar-refractivity contribution < 1.29 is 28.7 Å². The summed E-state index contributed by atoms with van der Waals surface area (Å²) in [6.45, 7) is 11.8. The Morgan fingerprint density at radius 3 is 1.69 bits per heavy atom. The maximum Gasteiger partial charge on any atom is 0.407 e. The average Bonchev–Trinajstić information content (AvgIpc) is 4.18. The van der Waals surface area contributed by atoms with E-state index >= 15 is 0 Å². The Morgan fingerprint density at radius 1 is 0.646 bits per heavy atom. The van der Waals surface area contributed by atoms with Gasteiger partial charge in [0, 0.05) is 12.1 Å². The molecule has 3 aromatic carbocycles. The second-order valence-electron chi connectivity index (χ2n) is 19.4. The summed E-state index contributed by atoms with van der Waals surface area (Å²) in [6, 6.07) is 17.9. The van der Waals surface area contributed by atoms with Crippen LogP contribution in [0.1, 0.15) is 133 Å². The zero-order valence-corrected chi connectivity index (χ0v) is 38.7. The fraction of sp³-hybridized carbons (Fsp3) is 0.490. The Kier molecular flexibility index (Phi) is 12.0. The van der Waals surface area contributed by atoms with Crippen LogP contribution in [-0.2, 0) is 19.1 Å². The maximum absolute atomic E-state index is 14.0. The number of benzene rings is 3. The van der Waals surface area contributed by atoms with Gasteiger partial charge in [0.1, 0.15) is 23.7 Å². The Bertz CT molecular complexity index is 2620. The second-order valence-corrected chi connectivity index (χ2v) is 19.4. The number of aromatic nitrogens is 4. The number of nitrogens with one attached hydrogen (secondary N) is 4. The number of imidazole rings is 2. The first-order valence-corrected chi connectivity index (χ1v) is 23.4. The van der Waals surface area contributed by atoms with Gasteiger partial charge in [-0.2, -0.15) is 0 Å². The number of fused-ring (bicyclic) bond motifs is 6. The topological polar surface area (TPSA) is 175 Å². The van der Waals surface area contributed by atoms with Crippen LogP contribution in [0.4, 0.5) is 9.59 Å². The highest BCUT2D eigenvalue weighted by Crippen LogP contribution is 2.58. The SMILES string of the molecule is COC(=O)NC(C(=O)N1C(C)CCC1c1ncc(-c2ccc(-c3ccc(-c4ccc5[nH]c(C6CCC(C)N6C(=O)C(NC(=O)OC)C(C)C)nc5c4)c4c3C3CCC4C3)cc2)[nH]1)C(C)C. The van der Waals surface area contributed by atoms with E-state index < -0.39 is 24.3 Å². The molecule has 5 aromatic rings. The summed E-state index contributed by atoms with van der Waals surface area (Å²) in [5.41, 5.74) is 11.5. The number of alkyl carbamates (subject to hydrolysis) is 2. The first-order valence-electron chi connectivity index (χ1n) is 23.4. The lowest BCUT2D eigenvalue weighted by Gasteiger charge is -2.32. The largest absolute Gasteiger partial charge is 0.453 e. The average molecular weight is 883 g/mol. The van der Waals surface area contributed by atoms with Gasteiger partial charge in [0.25, 0.3) is 0 Å². The van der Waals surface area contributed by atoms with Gasteiger partial charge in [-0.15, -0.1) is 0 Å². The van der Waals surface area contributed by atoms with Crippen LogP contribution < -0.4 is 10.6 Å². The molecule has 9 rings (SSSR count). The zero-order chi connectivity index (χ0) is 45.8. The first kappa shape index (κ1) is 44.0. The van der Waals surface area contributed by atoms with E-state index in [1.54, 1.807) is 0 Å². The van der Waals surface area contributed by atoms with Crippen LogP contribution in [-0.4, -0.2) is 92.1 Å². The number of nitrogens with zero attached hydrogens (tertiary/aromatic N) is 4. The molecule has 14 heteroatoms. The van der Waals surface area contributed by atoms with Gasteiger partial charge in [-0.25, -0.2) is 19.6 Å². The number of aromatic amines is 2. The standard InChI is InChI=1S/C51H62N8O6/c1-26(2)44(56-50(62)64-7)48(60)58-28(5)9-21-40(58)46-52-25-39(55-46)31-13-11-30(12-14-31)35-18-19-36(43-34-16-15-33(23-34)42(35)43)32-17-20-37-38(24-32)54-47(53-37)41-22-10-29(6)59(41)49(61)45(27(3)4)57-51(63)65-8/h11-14,17-20,24-29,33-34,40-41,44-45H,9-10,15-16,21-23H2,1-8H3,(H,52,55)(H,53,54)(H,56,62)(H,57,63).